The summed E-state index contributed by atoms with van der Waals surface area (Å²) in [6.07, 6.45) is 0. The number of aliphatic hydroxyl groups excluding tert-OH is 1. The predicted molar refractivity (Wildman–Crippen MR) is 71.4 cm³/mol. The van der Waals surface area contributed by atoms with Crippen LogP contribution in [0.3, 0.4) is 0 Å². The Morgan fingerprint density at radius 2 is 2.16 bits per heavy atom. The van der Waals surface area contributed by atoms with E-state index in [9.17, 15) is 9.59 Å². The first kappa shape index (κ1) is 15.3. The van der Waals surface area contributed by atoms with E-state index in [0.717, 1.165) is 4.90 Å². The molecule has 0 heterocycles. The maximum Gasteiger partial charge on any atom is 0.313 e. The molecule has 1 rings (SSSR count). The van der Waals surface area contributed by atoms with Gasteiger partial charge in [0.2, 0.25) is 0 Å². The molecule has 1 aromatic rings. The van der Waals surface area contributed by atoms with Gasteiger partial charge in [0.1, 0.15) is 5.75 Å². The third-order valence-corrected chi connectivity index (χ3v) is 2.68. The van der Waals surface area contributed by atoms with E-state index in [2.05, 4.69) is 5.32 Å². The Morgan fingerprint density at radius 3 is 2.68 bits per heavy atom. The van der Waals surface area contributed by atoms with Crippen LogP contribution < -0.4 is 10.1 Å². The zero-order valence-electron chi connectivity index (χ0n) is 10.6. The van der Waals surface area contributed by atoms with Crippen LogP contribution >= 0.6 is 11.6 Å². The van der Waals surface area contributed by atoms with Crippen molar-refractivity contribution in [3.05, 3.63) is 23.2 Å². The molecule has 0 aliphatic rings. The van der Waals surface area contributed by atoms with Crippen LogP contribution in [0.4, 0.5) is 5.69 Å². The van der Waals surface area contributed by atoms with Gasteiger partial charge < -0.3 is 20.1 Å². The van der Waals surface area contributed by atoms with Crippen molar-refractivity contribution in [1.29, 1.82) is 0 Å². The second kappa shape index (κ2) is 6.96. The molecule has 0 aliphatic heterocycles. The second-order valence-electron chi connectivity index (χ2n) is 3.75. The first-order valence-electron chi connectivity index (χ1n) is 5.50. The van der Waals surface area contributed by atoms with E-state index in [-0.39, 0.29) is 13.2 Å². The highest BCUT2D eigenvalue weighted by atomic mass is 35.5. The lowest BCUT2D eigenvalue weighted by Gasteiger charge is -2.15. The van der Waals surface area contributed by atoms with E-state index >= 15 is 0 Å². The van der Waals surface area contributed by atoms with Crippen LogP contribution in [0.5, 0.6) is 5.75 Å². The summed E-state index contributed by atoms with van der Waals surface area (Å²) in [5.74, 6) is -1.05. The highest BCUT2D eigenvalue weighted by Crippen LogP contribution is 2.27. The smallest absolute Gasteiger partial charge is 0.313 e. The molecule has 0 radical (unpaired) electrons. The standard InChI is InChI=1S/C12H15ClN2O4/c1-15(5-6-16)12(18)11(17)14-8-3-4-10(19-2)9(13)7-8/h3-4,7,16H,5-6H2,1-2H3,(H,14,17). The molecule has 2 amide bonds. The first-order chi connectivity index (χ1) is 8.99. The van der Waals surface area contributed by atoms with Gasteiger partial charge in [-0.3, -0.25) is 9.59 Å². The van der Waals surface area contributed by atoms with Gasteiger partial charge in [-0.1, -0.05) is 11.6 Å². The molecule has 19 heavy (non-hydrogen) atoms. The van der Waals surface area contributed by atoms with Crippen LogP contribution in [0.1, 0.15) is 0 Å². The van der Waals surface area contributed by atoms with Crippen molar-refractivity contribution in [1.82, 2.24) is 4.90 Å². The molecule has 104 valence electrons. The van der Waals surface area contributed by atoms with E-state index in [1.165, 1.54) is 20.2 Å². The van der Waals surface area contributed by atoms with Crippen molar-refractivity contribution in [3.8, 4) is 5.75 Å². The molecule has 0 aliphatic carbocycles. The summed E-state index contributed by atoms with van der Waals surface area (Å²) in [5.41, 5.74) is 0.390. The molecule has 2 N–H and O–H groups in total. The molecular weight excluding hydrogens is 272 g/mol. The SMILES string of the molecule is COc1ccc(NC(=O)C(=O)N(C)CCO)cc1Cl. The van der Waals surface area contributed by atoms with Gasteiger partial charge in [0, 0.05) is 19.3 Å². The molecular formula is C12H15ClN2O4. The van der Waals surface area contributed by atoms with E-state index in [0.29, 0.717) is 16.5 Å². The molecule has 6 nitrogen and oxygen atoms in total. The van der Waals surface area contributed by atoms with Crippen molar-refractivity contribution in [2.75, 3.05) is 32.6 Å². The maximum atomic E-state index is 11.6. The van der Waals surface area contributed by atoms with Crippen LogP contribution in [-0.4, -0.2) is 49.1 Å². The summed E-state index contributed by atoms with van der Waals surface area (Å²) >= 11 is 5.90. The molecule has 0 unspecified atom stereocenters. The molecule has 0 saturated heterocycles. The fraction of sp³-hybridized carbons (Fsp3) is 0.333. The zero-order chi connectivity index (χ0) is 14.4. The van der Waals surface area contributed by atoms with Gasteiger partial charge in [0.05, 0.1) is 18.7 Å². The summed E-state index contributed by atoms with van der Waals surface area (Å²) in [5, 5.41) is 11.4. The lowest BCUT2D eigenvalue weighted by Crippen LogP contribution is -2.38. The summed E-state index contributed by atoms with van der Waals surface area (Å²) in [6.45, 7) is -0.112. The Hall–Kier alpha value is -1.79. The number of amides is 2. The van der Waals surface area contributed by atoms with E-state index in [1.807, 2.05) is 0 Å². The summed E-state index contributed by atoms with van der Waals surface area (Å²) < 4.78 is 4.97. The van der Waals surface area contributed by atoms with Crippen LogP contribution in [-0.2, 0) is 9.59 Å². The van der Waals surface area contributed by atoms with Crippen LogP contribution in [0, 0.1) is 0 Å². The number of carbonyl (C=O) groups excluding carboxylic acids is 2. The van der Waals surface area contributed by atoms with Gasteiger partial charge in [-0.2, -0.15) is 0 Å². The fourth-order valence-corrected chi connectivity index (χ4v) is 1.61. The van der Waals surface area contributed by atoms with Crippen LogP contribution in [0.15, 0.2) is 18.2 Å². The van der Waals surface area contributed by atoms with Gasteiger partial charge >= 0.3 is 11.8 Å². The molecule has 0 atom stereocenters. The summed E-state index contributed by atoms with van der Waals surface area (Å²) in [4.78, 5) is 24.4. The average molecular weight is 287 g/mol. The lowest BCUT2D eigenvalue weighted by atomic mass is 10.3. The monoisotopic (exact) mass is 286 g/mol. The number of hydrogen-bond donors (Lipinski definition) is 2. The van der Waals surface area contributed by atoms with Gasteiger partial charge in [-0.05, 0) is 18.2 Å². The molecule has 1 aromatic carbocycles. The fourth-order valence-electron chi connectivity index (χ4n) is 1.35. The summed E-state index contributed by atoms with van der Waals surface area (Å²) in [7, 11) is 2.91. The van der Waals surface area contributed by atoms with Crippen molar-refractivity contribution in [2.24, 2.45) is 0 Å². The van der Waals surface area contributed by atoms with Crippen LogP contribution in [0.2, 0.25) is 5.02 Å². The number of likely N-dealkylation sites (N-methyl/N-ethyl adjacent to an activating group) is 1. The number of anilines is 1. The number of nitrogens with one attached hydrogen (secondary N) is 1. The van der Waals surface area contributed by atoms with Crippen molar-refractivity contribution in [2.45, 2.75) is 0 Å². The number of nitrogens with zero attached hydrogens (tertiary/aromatic N) is 1. The Labute approximate surface area is 115 Å². The minimum Gasteiger partial charge on any atom is -0.495 e. The number of carbonyl (C=O) groups is 2. The van der Waals surface area contributed by atoms with Gasteiger partial charge in [0.25, 0.3) is 0 Å². The molecule has 0 aromatic heterocycles. The Bertz CT molecular complexity index is 479. The minimum absolute atomic E-state index is 0.0929. The van der Waals surface area contributed by atoms with Gasteiger partial charge in [0.15, 0.2) is 0 Å². The number of benzene rings is 1. The van der Waals surface area contributed by atoms with E-state index in [1.54, 1.807) is 12.1 Å². The Morgan fingerprint density at radius 1 is 1.47 bits per heavy atom. The lowest BCUT2D eigenvalue weighted by molar-refractivity contribution is -0.142. The number of hydrogen-bond acceptors (Lipinski definition) is 4. The van der Waals surface area contributed by atoms with Crippen LogP contribution in [0.25, 0.3) is 0 Å². The van der Waals surface area contributed by atoms with Gasteiger partial charge in [-0.15, -0.1) is 0 Å². The first-order valence-corrected chi connectivity index (χ1v) is 5.88. The molecule has 7 heteroatoms. The normalized spacial score (nSPS) is 9.89. The largest absolute Gasteiger partial charge is 0.495 e. The van der Waals surface area contributed by atoms with Gasteiger partial charge in [-0.25, -0.2) is 0 Å². The molecule has 0 fully saturated rings. The minimum atomic E-state index is -0.794. The summed E-state index contributed by atoms with van der Waals surface area (Å²) in [6, 6.07) is 4.64. The number of halogens is 1. The Kier molecular flexibility index (Phi) is 5.59. The molecule has 0 bridgehead atoms. The Balaban J connectivity index is 2.71. The number of rotatable bonds is 4. The maximum absolute atomic E-state index is 11.6. The number of methoxy groups -OCH3 is 1. The van der Waals surface area contributed by atoms with Crippen molar-refractivity contribution >= 4 is 29.1 Å². The molecule has 0 saturated carbocycles. The third kappa shape index (κ3) is 4.11. The number of aliphatic hydroxyl groups is 1. The second-order valence-corrected chi connectivity index (χ2v) is 4.16. The predicted octanol–water partition coefficient (Wildman–Crippen LogP) is 0.738. The topological polar surface area (TPSA) is 78.9 Å². The van der Waals surface area contributed by atoms with Crippen molar-refractivity contribution in [3.63, 3.8) is 0 Å². The van der Waals surface area contributed by atoms with E-state index in [4.69, 9.17) is 21.4 Å². The average Bonchev–Trinajstić information content (AvgIpc) is 2.38. The highest BCUT2D eigenvalue weighted by molar-refractivity contribution is 6.39. The zero-order valence-corrected chi connectivity index (χ0v) is 11.4. The van der Waals surface area contributed by atoms with Crippen molar-refractivity contribution < 1.29 is 19.4 Å². The highest BCUT2D eigenvalue weighted by Gasteiger charge is 2.18. The number of ether oxygens (including phenoxy) is 1. The third-order valence-electron chi connectivity index (χ3n) is 2.39. The quantitative estimate of drug-likeness (QED) is 0.800. The van der Waals surface area contributed by atoms with E-state index < -0.39 is 11.8 Å². The molecule has 0 spiro atoms.